The first-order chi connectivity index (χ1) is 13.8. The van der Waals surface area contributed by atoms with Crippen LogP contribution < -0.4 is 10.6 Å². The second-order valence-electron chi connectivity index (χ2n) is 6.51. The summed E-state index contributed by atoms with van der Waals surface area (Å²) in [4.78, 5) is 22.0. The van der Waals surface area contributed by atoms with Crippen molar-refractivity contribution < 1.29 is 19.2 Å². The zero-order valence-corrected chi connectivity index (χ0v) is 15.9. The minimum atomic E-state index is -1.18. The SMILES string of the molecule is CC(=O)NC(=N)Cc1ccc(-c2ccc(-c3onc(C)c3NC(=O)O)cc2)cc1. The van der Waals surface area contributed by atoms with Crippen molar-refractivity contribution in [3.05, 3.63) is 59.8 Å². The highest BCUT2D eigenvalue weighted by Crippen LogP contribution is 2.32. The molecule has 0 aliphatic heterocycles. The van der Waals surface area contributed by atoms with Crippen molar-refractivity contribution >= 4 is 23.5 Å². The molecule has 0 aliphatic rings. The van der Waals surface area contributed by atoms with Crippen LogP contribution >= 0.6 is 0 Å². The highest BCUT2D eigenvalue weighted by atomic mass is 16.5. The van der Waals surface area contributed by atoms with E-state index in [1.165, 1.54) is 6.92 Å². The fraction of sp³-hybridized carbons (Fsp3) is 0.143. The van der Waals surface area contributed by atoms with Crippen LogP contribution in [0, 0.1) is 12.3 Å². The first kappa shape index (κ1) is 19.8. The van der Waals surface area contributed by atoms with E-state index in [2.05, 4.69) is 15.8 Å². The van der Waals surface area contributed by atoms with Crippen LogP contribution in [-0.2, 0) is 11.2 Å². The van der Waals surface area contributed by atoms with Crippen LogP contribution in [0.15, 0.2) is 53.1 Å². The van der Waals surface area contributed by atoms with E-state index in [1.54, 1.807) is 6.92 Å². The molecule has 2 amide bonds. The quantitative estimate of drug-likeness (QED) is 0.384. The van der Waals surface area contributed by atoms with Crippen molar-refractivity contribution in [2.75, 3.05) is 5.32 Å². The third kappa shape index (κ3) is 4.86. The fourth-order valence-corrected chi connectivity index (χ4v) is 2.91. The summed E-state index contributed by atoms with van der Waals surface area (Å²) in [5, 5.41) is 25.3. The van der Waals surface area contributed by atoms with Crippen molar-refractivity contribution in [3.8, 4) is 22.5 Å². The molecule has 8 nitrogen and oxygen atoms in total. The van der Waals surface area contributed by atoms with Crippen LogP contribution in [-0.4, -0.2) is 28.1 Å². The molecule has 148 valence electrons. The smallest absolute Gasteiger partial charge is 0.409 e. The summed E-state index contributed by atoms with van der Waals surface area (Å²) in [5.41, 5.74) is 4.39. The van der Waals surface area contributed by atoms with Gasteiger partial charge in [0.15, 0.2) is 5.76 Å². The zero-order valence-electron chi connectivity index (χ0n) is 15.9. The first-order valence-corrected chi connectivity index (χ1v) is 8.84. The summed E-state index contributed by atoms with van der Waals surface area (Å²) in [7, 11) is 0. The number of hydrogen-bond donors (Lipinski definition) is 4. The van der Waals surface area contributed by atoms with E-state index in [0.29, 0.717) is 29.1 Å². The molecule has 0 saturated carbocycles. The molecular weight excluding hydrogens is 372 g/mol. The number of aryl methyl sites for hydroxylation is 1. The van der Waals surface area contributed by atoms with Gasteiger partial charge in [-0.2, -0.15) is 0 Å². The van der Waals surface area contributed by atoms with Gasteiger partial charge in [-0.3, -0.25) is 15.5 Å². The Balaban J connectivity index is 1.76. The van der Waals surface area contributed by atoms with Gasteiger partial charge in [0.25, 0.3) is 0 Å². The predicted molar refractivity (Wildman–Crippen MR) is 109 cm³/mol. The molecule has 0 radical (unpaired) electrons. The Kier molecular flexibility index (Phi) is 5.73. The van der Waals surface area contributed by atoms with Gasteiger partial charge in [0, 0.05) is 18.9 Å². The maximum atomic E-state index is 11.0. The number of amidine groups is 1. The Morgan fingerprint density at radius 1 is 1.03 bits per heavy atom. The summed E-state index contributed by atoms with van der Waals surface area (Å²) in [6.45, 7) is 3.04. The Morgan fingerprint density at radius 2 is 1.59 bits per heavy atom. The molecule has 3 aromatic rings. The molecule has 0 fully saturated rings. The normalized spacial score (nSPS) is 10.4. The molecule has 0 unspecified atom stereocenters. The minimum Gasteiger partial charge on any atom is -0.465 e. The van der Waals surface area contributed by atoms with E-state index in [1.807, 2.05) is 48.5 Å². The number of rotatable bonds is 5. The van der Waals surface area contributed by atoms with Crippen LogP contribution in [0.5, 0.6) is 0 Å². The summed E-state index contributed by atoms with van der Waals surface area (Å²) in [5.74, 6) is 0.265. The van der Waals surface area contributed by atoms with Crippen LogP contribution in [0.2, 0.25) is 0 Å². The van der Waals surface area contributed by atoms with Gasteiger partial charge >= 0.3 is 6.09 Å². The number of benzene rings is 2. The minimum absolute atomic E-state index is 0.155. The Labute approximate surface area is 167 Å². The molecule has 0 saturated heterocycles. The molecule has 1 aromatic heterocycles. The molecule has 2 aromatic carbocycles. The number of aromatic nitrogens is 1. The lowest BCUT2D eigenvalue weighted by atomic mass is 10.0. The Morgan fingerprint density at radius 3 is 2.14 bits per heavy atom. The fourth-order valence-electron chi connectivity index (χ4n) is 2.91. The highest BCUT2D eigenvalue weighted by molar-refractivity contribution is 5.96. The Hall–Kier alpha value is -3.94. The Bertz CT molecular complexity index is 1050. The molecule has 8 heteroatoms. The van der Waals surface area contributed by atoms with Crippen LogP contribution in [0.1, 0.15) is 18.2 Å². The number of anilines is 1. The van der Waals surface area contributed by atoms with Gasteiger partial charge in [-0.05, 0) is 23.6 Å². The molecule has 0 spiro atoms. The molecule has 4 N–H and O–H groups in total. The van der Waals surface area contributed by atoms with Gasteiger partial charge in [0.1, 0.15) is 17.2 Å². The molecule has 29 heavy (non-hydrogen) atoms. The number of nitrogens with zero attached hydrogens (tertiary/aromatic N) is 1. The second kappa shape index (κ2) is 8.39. The molecule has 3 rings (SSSR count). The van der Waals surface area contributed by atoms with Gasteiger partial charge in [-0.1, -0.05) is 53.7 Å². The molecular formula is C21H20N4O4. The summed E-state index contributed by atoms with van der Waals surface area (Å²) >= 11 is 0. The van der Waals surface area contributed by atoms with E-state index in [0.717, 1.165) is 16.7 Å². The lowest BCUT2D eigenvalue weighted by Crippen LogP contribution is -2.28. The number of carboxylic acid groups (broad SMARTS) is 1. The number of carbonyl (C=O) groups excluding carboxylic acids is 1. The van der Waals surface area contributed by atoms with E-state index in [-0.39, 0.29) is 11.7 Å². The van der Waals surface area contributed by atoms with Gasteiger partial charge < -0.3 is 14.9 Å². The standard InChI is InChI=1S/C21H20N4O4/c1-12-19(24-21(27)28)20(29-25-12)17-9-7-16(8-10-17)15-5-3-14(4-6-15)11-18(22)23-13(2)26/h3-10,24H,11H2,1-2H3,(H,27,28)(H2,22,23,26). The monoisotopic (exact) mass is 392 g/mol. The van der Waals surface area contributed by atoms with Crippen LogP contribution in [0.3, 0.4) is 0 Å². The van der Waals surface area contributed by atoms with Gasteiger partial charge in [0.05, 0.1) is 0 Å². The van der Waals surface area contributed by atoms with Gasteiger partial charge in [-0.25, -0.2) is 4.79 Å². The van der Waals surface area contributed by atoms with E-state index in [9.17, 15) is 9.59 Å². The lowest BCUT2D eigenvalue weighted by Gasteiger charge is -2.07. The summed E-state index contributed by atoms with van der Waals surface area (Å²) < 4.78 is 5.28. The average Bonchev–Trinajstić information content (AvgIpc) is 3.02. The molecule has 0 bridgehead atoms. The summed E-state index contributed by atoms with van der Waals surface area (Å²) in [6, 6.07) is 15.2. The first-order valence-electron chi connectivity index (χ1n) is 8.84. The van der Waals surface area contributed by atoms with Crippen LogP contribution in [0.25, 0.3) is 22.5 Å². The molecule has 1 heterocycles. The number of nitrogens with one attached hydrogen (secondary N) is 3. The third-order valence-electron chi connectivity index (χ3n) is 4.24. The third-order valence-corrected chi connectivity index (χ3v) is 4.24. The van der Waals surface area contributed by atoms with Crippen LogP contribution in [0.4, 0.5) is 10.5 Å². The maximum absolute atomic E-state index is 11.0. The highest BCUT2D eigenvalue weighted by Gasteiger charge is 2.17. The van der Waals surface area contributed by atoms with Crippen molar-refractivity contribution in [1.29, 1.82) is 5.41 Å². The number of amides is 2. The van der Waals surface area contributed by atoms with Gasteiger partial charge in [0.2, 0.25) is 5.91 Å². The van der Waals surface area contributed by atoms with Crippen molar-refractivity contribution in [1.82, 2.24) is 10.5 Å². The average molecular weight is 392 g/mol. The topological polar surface area (TPSA) is 128 Å². The molecule has 0 aliphatic carbocycles. The van der Waals surface area contributed by atoms with E-state index < -0.39 is 6.09 Å². The van der Waals surface area contributed by atoms with Crippen molar-refractivity contribution in [3.63, 3.8) is 0 Å². The lowest BCUT2D eigenvalue weighted by molar-refractivity contribution is -0.117. The van der Waals surface area contributed by atoms with Gasteiger partial charge in [-0.15, -0.1) is 0 Å². The maximum Gasteiger partial charge on any atom is 0.409 e. The van der Waals surface area contributed by atoms with E-state index in [4.69, 9.17) is 15.0 Å². The number of carbonyl (C=O) groups is 2. The van der Waals surface area contributed by atoms with E-state index >= 15 is 0 Å². The largest absolute Gasteiger partial charge is 0.465 e. The van der Waals surface area contributed by atoms with Crippen molar-refractivity contribution in [2.24, 2.45) is 0 Å². The molecule has 0 atom stereocenters. The summed E-state index contributed by atoms with van der Waals surface area (Å²) in [6.07, 6.45) is -0.830. The second-order valence-corrected chi connectivity index (χ2v) is 6.51. The van der Waals surface area contributed by atoms with Crippen molar-refractivity contribution in [2.45, 2.75) is 20.3 Å². The predicted octanol–water partition coefficient (Wildman–Crippen LogP) is 4.06. The zero-order chi connectivity index (χ0) is 21.0. The number of hydrogen-bond acceptors (Lipinski definition) is 5.